The third kappa shape index (κ3) is 8.95. The van der Waals surface area contributed by atoms with E-state index < -0.39 is 12.1 Å². The highest BCUT2D eigenvalue weighted by Crippen LogP contribution is 2.30. The Kier molecular flexibility index (Phi) is 11.8. The van der Waals surface area contributed by atoms with Crippen molar-refractivity contribution in [3.8, 4) is 0 Å². The number of hydrogen-bond donors (Lipinski definition) is 3. The summed E-state index contributed by atoms with van der Waals surface area (Å²) in [5.41, 5.74) is 5.45. The molecule has 1 aliphatic carbocycles. The molecule has 4 aromatic rings. The number of rotatable bonds is 13. The molecule has 1 fully saturated rings. The number of carbonyl (C=O) groups is 4. The molecule has 0 spiro atoms. The molecule has 3 aromatic carbocycles. The van der Waals surface area contributed by atoms with Crippen LogP contribution in [0.15, 0.2) is 91.1 Å². The van der Waals surface area contributed by atoms with Gasteiger partial charge in [0.15, 0.2) is 0 Å². The van der Waals surface area contributed by atoms with Crippen LogP contribution in [0.2, 0.25) is 0 Å². The average Bonchev–Trinajstić information content (AvgIpc) is 3.83. The van der Waals surface area contributed by atoms with Gasteiger partial charge < -0.3 is 20.9 Å². The van der Waals surface area contributed by atoms with Crippen molar-refractivity contribution in [2.45, 2.75) is 71.1 Å². The lowest BCUT2D eigenvalue weighted by Crippen LogP contribution is -2.55. The topological polar surface area (TPSA) is 129 Å². The highest BCUT2D eigenvalue weighted by atomic mass is 16.2. The molecule has 272 valence electrons. The molecule has 2 heterocycles. The Balaban J connectivity index is 1.11. The Labute approximate surface area is 305 Å². The summed E-state index contributed by atoms with van der Waals surface area (Å²) in [6.45, 7) is 9.24. The second kappa shape index (κ2) is 16.8. The number of piperazine rings is 1. The van der Waals surface area contributed by atoms with Crippen LogP contribution in [0, 0.1) is 5.92 Å². The molecule has 11 heteroatoms. The number of hydrogen-bond acceptors (Lipinski definition) is 6. The van der Waals surface area contributed by atoms with Crippen molar-refractivity contribution in [3.63, 3.8) is 0 Å². The van der Waals surface area contributed by atoms with Crippen LogP contribution in [0.3, 0.4) is 0 Å². The molecule has 4 amide bonds. The molecule has 1 aromatic heterocycles. The predicted octanol–water partition coefficient (Wildman–Crippen LogP) is 4.40. The van der Waals surface area contributed by atoms with E-state index in [-0.39, 0.29) is 42.0 Å². The molecule has 11 nitrogen and oxygen atoms in total. The Morgan fingerprint density at radius 2 is 1.44 bits per heavy atom. The summed E-state index contributed by atoms with van der Waals surface area (Å²) >= 11 is 0. The monoisotopic (exact) mass is 703 g/mol. The van der Waals surface area contributed by atoms with Crippen molar-refractivity contribution in [3.05, 3.63) is 119 Å². The zero-order chi connectivity index (χ0) is 36.6. The smallest absolute Gasteiger partial charge is 0.270 e. The van der Waals surface area contributed by atoms with Crippen LogP contribution in [0.25, 0.3) is 0 Å². The lowest BCUT2D eigenvalue weighted by atomic mass is 9.95. The van der Waals surface area contributed by atoms with E-state index in [0.29, 0.717) is 43.7 Å². The molecule has 1 saturated heterocycles. The van der Waals surface area contributed by atoms with E-state index >= 15 is 0 Å². The number of carbonyl (C=O) groups excluding carboxylic acids is 4. The maximum Gasteiger partial charge on any atom is 0.270 e. The molecule has 52 heavy (non-hydrogen) atoms. The van der Waals surface area contributed by atoms with Crippen LogP contribution in [0.4, 0.5) is 5.69 Å². The van der Waals surface area contributed by atoms with E-state index in [0.717, 1.165) is 25.2 Å². The van der Waals surface area contributed by atoms with Crippen LogP contribution < -0.4 is 16.0 Å². The summed E-state index contributed by atoms with van der Waals surface area (Å²) in [7, 11) is 0. The van der Waals surface area contributed by atoms with Gasteiger partial charge >= 0.3 is 0 Å². The zero-order valence-electron chi connectivity index (χ0n) is 30.3. The Morgan fingerprint density at radius 3 is 2.08 bits per heavy atom. The largest absolute Gasteiger partial charge is 0.344 e. The van der Waals surface area contributed by atoms with Gasteiger partial charge in [-0.3, -0.25) is 28.8 Å². The van der Waals surface area contributed by atoms with Crippen LogP contribution in [0.1, 0.15) is 66.0 Å². The van der Waals surface area contributed by atoms with E-state index in [1.54, 1.807) is 36.0 Å². The van der Waals surface area contributed by atoms with Crippen molar-refractivity contribution in [2.75, 3.05) is 31.5 Å². The SMILES string of the molecule is CCC(=O)NC(Cc1ccc(NC(=O)[C@@H](NC(=O)c2ccnn2C(C)C)C2Cc3ccccc3C2)cc1)C(=O)N1CCN(Cc2ccccc2)CC1. The zero-order valence-corrected chi connectivity index (χ0v) is 30.3. The van der Waals surface area contributed by atoms with Crippen LogP contribution in [-0.2, 0) is 40.2 Å². The Bertz CT molecular complexity index is 1820. The molecular formula is C41H49N7O4. The first kappa shape index (κ1) is 36.5. The van der Waals surface area contributed by atoms with Gasteiger partial charge in [0.25, 0.3) is 5.91 Å². The number of amides is 4. The van der Waals surface area contributed by atoms with Crippen LogP contribution >= 0.6 is 0 Å². The second-order valence-electron chi connectivity index (χ2n) is 14.1. The summed E-state index contributed by atoms with van der Waals surface area (Å²) in [6, 6.07) is 26.0. The fourth-order valence-electron chi connectivity index (χ4n) is 7.21. The van der Waals surface area contributed by atoms with E-state index in [1.165, 1.54) is 16.7 Å². The van der Waals surface area contributed by atoms with E-state index in [2.05, 4.69) is 50.2 Å². The van der Waals surface area contributed by atoms with Crippen molar-refractivity contribution in [2.24, 2.45) is 5.92 Å². The number of nitrogens with one attached hydrogen (secondary N) is 3. The predicted molar refractivity (Wildman–Crippen MR) is 201 cm³/mol. The number of nitrogens with zero attached hydrogens (tertiary/aromatic N) is 4. The minimum atomic E-state index is -0.783. The van der Waals surface area contributed by atoms with Gasteiger partial charge in [-0.1, -0.05) is 73.7 Å². The number of aromatic nitrogens is 2. The van der Waals surface area contributed by atoms with Crippen molar-refractivity contribution < 1.29 is 19.2 Å². The summed E-state index contributed by atoms with van der Waals surface area (Å²) in [5, 5.41) is 13.3. The van der Waals surface area contributed by atoms with Gasteiger partial charge in [-0.2, -0.15) is 5.10 Å². The first-order valence-electron chi connectivity index (χ1n) is 18.3. The lowest BCUT2D eigenvalue weighted by Gasteiger charge is -2.36. The summed E-state index contributed by atoms with van der Waals surface area (Å²) < 4.78 is 1.65. The molecule has 0 saturated carbocycles. The molecule has 1 aliphatic heterocycles. The molecule has 0 bridgehead atoms. The van der Waals surface area contributed by atoms with Crippen molar-refractivity contribution in [1.29, 1.82) is 0 Å². The summed E-state index contributed by atoms with van der Waals surface area (Å²) in [6.07, 6.45) is 3.56. The summed E-state index contributed by atoms with van der Waals surface area (Å²) in [5.74, 6) is -1.04. The number of fused-ring (bicyclic) bond motifs is 1. The van der Waals surface area contributed by atoms with Gasteiger partial charge in [0.1, 0.15) is 17.8 Å². The van der Waals surface area contributed by atoms with Crippen LogP contribution in [0.5, 0.6) is 0 Å². The molecule has 2 aliphatic rings. The molecule has 6 rings (SSSR count). The Morgan fingerprint density at radius 1 is 0.788 bits per heavy atom. The lowest BCUT2D eigenvalue weighted by molar-refractivity contribution is -0.138. The third-order valence-electron chi connectivity index (χ3n) is 10.1. The van der Waals surface area contributed by atoms with E-state index in [4.69, 9.17) is 0 Å². The minimum Gasteiger partial charge on any atom is -0.344 e. The van der Waals surface area contributed by atoms with E-state index in [9.17, 15) is 19.2 Å². The first-order valence-corrected chi connectivity index (χ1v) is 18.3. The normalized spacial score (nSPS) is 15.9. The van der Waals surface area contributed by atoms with E-state index in [1.807, 2.05) is 61.2 Å². The fraction of sp³-hybridized carbons (Fsp3) is 0.390. The van der Waals surface area contributed by atoms with Gasteiger partial charge in [-0.15, -0.1) is 0 Å². The second-order valence-corrected chi connectivity index (χ2v) is 14.1. The maximum absolute atomic E-state index is 13.9. The Hall–Kier alpha value is -5.29. The number of anilines is 1. The highest BCUT2D eigenvalue weighted by Gasteiger charge is 2.35. The fourth-order valence-corrected chi connectivity index (χ4v) is 7.21. The molecule has 2 atom stereocenters. The van der Waals surface area contributed by atoms with Gasteiger partial charge in [-0.25, -0.2) is 0 Å². The van der Waals surface area contributed by atoms with Crippen molar-refractivity contribution >= 4 is 29.3 Å². The highest BCUT2D eigenvalue weighted by molar-refractivity contribution is 6.01. The standard InChI is InChI=1S/C41H49N7O4/c1-4-37(49)44-35(41(52)47-22-20-46(21-23-47)27-30-10-6-5-7-11-30)24-29-14-16-34(17-15-29)43-40(51)38(33-25-31-12-8-9-13-32(31)26-33)45-39(50)36-18-19-42-48(36)28(2)3/h5-19,28,33,35,38H,4,20-27H2,1-3H3,(H,43,51)(H,44,49)(H,45,50)/t35?,38-/m0/s1. The minimum absolute atomic E-state index is 0.0161. The van der Waals surface area contributed by atoms with Gasteiger partial charge in [0.2, 0.25) is 17.7 Å². The molecule has 3 N–H and O–H groups in total. The molecule has 0 radical (unpaired) electrons. The summed E-state index contributed by atoms with van der Waals surface area (Å²) in [4.78, 5) is 57.9. The number of benzene rings is 3. The molecule has 1 unspecified atom stereocenters. The van der Waals surface area contributed by atoms with Gasteiger partial charge in [0.05, 0.1) is 0 Å². The van der Waals surface area contributed by atoms with Crippen LogP contribution in [-0.4, -0.2) is 81.5 Å². The maximum atomic E-state index is 13.9. The quantitative estimate of drug-likeness (QED) is 0.190. The molecular weight excluding hydrogens is 654 g/mol. The third-order valence-corrected chi connectivity index (χ3v) is 10.1. The van der Waals surface area contributed by atoms with Gasteiger partial charge in [0, 0.05) is 63.5 Å². The average molecular weight is 704 g/mol. The van der Waals surface area contributed by atoms with Gasteiger partial charge in [-0.05, 0) is 73.1 Å². The van der Waals surface area contributed by atoms with Crippen molar-refractivity contribution in [1.82, 2.24) is 30.2 Å². The first-order chi connectivity index (χ1) is 25.2.